The molecule has 6 heteroatoms. The van der Waals surface area contributed by atoms with Gasteiger partial charge in [0.25, 0.3) is 0 Å². The van der Waals surface area contributed by atoms with Crippen LogP contribution < -0.4 is 0 Å². The van der Waals surface area contributed by atoms with Gasteiger partial charge in [0.15, 0.2) is 11.9 Å². The molecular formula is C32H36N4OS. The second-order valence-electron chi connectivity index (χ2n) is 11.4. The minimum absolute atomic E-state index is 0.651. The maximum atomic E-state index is 12.2. The summed E-state index contributed by atoms with van der Waals surface area (Å²) in [6.07, 6.45) is 7.27. The fraction of sp³-hybridized carbons (Fsp3) is 0.406. The molecule has 0 atom stereocenters. The number of nitrogens with zero attached hydrogens (tertiary/aromatic N) is 4. The minimum Gasteiger partial charge on any atom is -0.302 e. The summed E-state index contributed by atoms with van der Waals surface area (Å²) in [5, 5.41) is 4.78. The van der Waals surface area contributed by atoms with Gasteiger partial charge in [-0.15, -0.1) is 11.3 Å². The number of aldehydes is 1. The van der Waals surface area contributed by atoms with Crippen molar-refractivity contribution in [1.82, 2.24) is 19.5 Å². The van der Waals surface area contributed by atoms with Crippen molar-refractivity contribution in [3.05, 3.63) is 69.9 Å². The Morgan fingerprint density at radius 2 is 1.74 bits per heavy atom. The molecule has 0 radical (unpaired) electrons. The standard InChI is InChI=1S/C32H36N4OS/c1-20-5-7-23(8-6-20)28-18-35(4)14-13-26(28)27-16-30(38-31(27)19-37)25-11-9-24(10-12-25)29-17-32-33-21(2)15-22(3)36(32)34-29/h9-12,15-17,19-20,23H,5-8,13-14,18H2,1-4H3. The van der Waals surface area contributed by atoms with Crippen LogP contribution in [-0.2, 0) is 0 Å². The molecule has 2 aliphatic rings. The summed E-state index contributed by atoms with van der Waals surface area (Å²) < 4.78 is 1.90. The predicted molar refractivity (Wildman–Crippen MR) is 157 cm³/mol. The van der Waals surface area contributed by atoms with Crippen LogP contribution in [0.15, 0.2) is 48.0 Å². The van der Waals surface area contributed by atoms with Crippen molar-refractivity contribution in [1.29, 1.82) is 0 Å². The number of thiophene rings is 1. The fourth-order valence-corrected chi connectivity index (χ4v) is 7.33. The minimum atomic E-state index is 0.651. The van der Waals surface area contributed by atoms with Gasteiger partial charge < -0.3 is 4.90 Å². The lowest BCUT2D eigenvalue weighted by molar-refractivity contribution is 0.112. The van der Waals surface area contributed by atoms with E-state index in [4.69, 9.17) is 5.10 Å². The molecule has 6 rings (SSSR count). The van der Waals surface area contributed by atoms with Crippen LogP contribution in [0.3, 0.4) is 0 Å². The van der Waals surface area contributed by atoms with Crippen molar-refractivity contribution < 1.29 is 4.79 Å². The van der Waals surface area contributed by atoms with Crippen LogP contribution in [0.5, 0.6) is 0 Å². The molecule has 0 bridgehead atoms. The topological polar surface area (TPSA) is 50.5 Å². The summed E-state index contributed by atoms with van der Waals surface area (Å²) in [7, 11) is 2.23. The lowest BCUT2D eigenvalue weighted by Crippen LogP contribution is -2.31. The molecule has 1 aliphatic carbocycles. The molecule has 1 saturated carbocycles. The Morgan fingerprint density at radius 1 is 1.00 bits per heavy atom. The van der Waals surface area contributed by atoms with Gasteiger partial charge in [-0.05, 0) is 86.4 Å². The molecule has 196 valence electrons. The molecule has 0 saturated heterocycles. The Hall–Kier alpha value is -3.09. The first-order chi connectivity index (χ1) is 18.4. The van der Waals surface area contributed by atoms with Crippen molar-refractivity contribution in [2.75, 3.05) is 20.1 Å². The first-order valence-corrected chi connectivity index (χ1v) is 14.7. The third-order valence-corrected chi connectivity index (χ3v) is 9.58. The highest BCUT2D eigenvalue weighted by Gasteiger charge is 2.29. The van der Waals surface area contributed by atoms with Gasteiger partial charge in [0.1, 0.15) is 0 Å². The predicted octanol–water partition coefficient (Wildman–Crippen LogP) is 7.47. The number of aryl methyl sites for hydroxylation is 2. The van der Waals surface area contributed by atoms with E-state index in [1.807, 2.05) is 23.6 Å². The summed E-state index contributed by atoms with van der Waals surface area (Å²) in [5.41, 5.74) is 10.3. The molecular weight excluding hydrogens is 488 g/mol. The largest absolute Gasteiger partial charge is 0.302 e. The number of rotatable bonds is 5. The summed E-state index contributed by atoms with van der Waals surface area (Å²) in [6, 6.07) is 14.9. The zero-order chi connectivity index (χ0) is 26.4. The monoisotopic (exact) mass is 524 g/mol. The lowest BCUT2D eigenvalue weighted by atomic mass is 9.75. The smallest absolute Gasteiger partial charge is 0.160 e. The molecule has 5 nitrogen and oxygen atoms in total. The summed E-state index contributed by atoms with van der Waals surface area (Å²) in [4.78, 5) is 21.3. The first kappa shape index (κ1) is 25.2. The van der Waals surface area contributed by atoms with Crippen LogP contribution in [0.4, 0.5) is 0 Å². The Labute approximate surface area is 229 Å². The highest BCUT2D eigenvalue weighted by molar-refractivity contribution is 7.17. The highest BCUT2D eigenvalue weighted by atomic mass is 32.1. The Bertz CT molecular complexity index is 1520. The van der Waals surface area contributed by atoms with Crippen molar-refractivity contribution in [3.8, 4) is 21.7 Å². The van der Waals surface area contributed by atoms with E-state index in [-0.39, 0.29) is 0 Å². The second kappa shape index (κ2) is 10.2. The van der Waals surface area contributed by atoms with Crippen LogP contribution in [0.2, 0.25) is 0 Å². The third-order valence-electron chi connectivity index (χ3n) is 8.47. The number of fused-ring (bicyclic) bond motifs is 1. The van der Waals surface area contributed by atoms with E-state index >= 15 is 0 Å². The molecule has 38 heavy (non-hydrogen) atoms. The summed E-state index contributed by atoms with van der Waals surface area (Å²) >= 11 is 1.62. The maximum Gasteiger partial charge on any atom is 0.160 e. The number of aromatic nitrogens is 3. The summed E-state index contributed by atoms with van der Waals surface area (Å²) in [6.45, 7) is 8.53. The van der Waals surface area contributed by atoms with E-state index in [9.17, 15) is 4.79 Å². The molecule has 1 fully saturated rings. The van der Waals surface area contributed by atoms with Crippen molar-refractivity contribution in [2.45, 2.75) is 52.9 Å². The van der Waals surface area contributed by atoms with Gasteiger partial charge in [-0.2, -0.15) is 5.10 Å². The number of carbonyl (C=O) groups is 1. The first-order valence-electron chi connectivity index (χ1n) is 13.8. The van der Waals surface area contributed by atoms with E-state index in [2.05, 4.69) is 61.1 Å². The number of carbonyl (C=O) groups excluding carboxylic acids is 1. The molecule has 1 aliphatic heterocycles. The van der Waals surface area contributed by atoms with Crippen LogP contribution in [0.1, 0.15) is 65.7 Å². The lowest BCUT2D eigenvalue weighted by Gasteiger charge is -2.35. The van der Waals surface area contributed by atoms with E-state index < -0.39 is 0 Å². The summed E-state index contributed by atoms with van der Waals surface area (Å²) in [5.74, 6) is 1.49. The number of likely N-dealkylation sites (N-methyl/N-ethyl adjacent to an activating group) is 1. The molecule has 3 aromatic heterocycles. The van der Waals surface area contributed by atoms with Gasteiger partial charge >= 0.3 is 0 Å². The van der Waals surface area contributed by atoms with Crippen molar-refractivity contribution in [2.24, 2.45) is 11.8 Å². The van der Waals surface area contributed by atoms with Gasteiger partial charge in [0.05, 0.1) is 10.6 Å². The highest BCUT2D eigenvalue weighted by Crippen LogP contribution is 2.43. The zero-order valence-electron chi connectivity index (χ0n) is 22.8. The Kier molecular flexibility index (Phi) is 6.79. The second-order valence-corrected chi connectivity index (χ2v) is 12.5. The van der Waals surface area contributed by atoms with Crippen molar-refractivity contribution >= 4 is 28.8 Å². The molecule has 4 heterocycles. The average molecular weight is 525 g/mol. The van der Waals surface area contributed by atoms with Crippen LogP contribution >= 0.6 is 11.3 Å². The molecule has 0 unspecified atom stereocenters. The van der Waals surface area contributed by atoms with E-state index in [1.165, 1.54) is 36.8 Å². The van der Waals surface area contributed by atoms with Crippen LogP contribution in [-0.4, -0.2) is 45.9 Å². The van der Waals surface area contributed by atoms with E-state index in [0.717, 1.165) is 75.3 Å². The van der Waals surface area contributed by atoms with Crippen molar-refractivity contribution in [3.63, 3.8) is 0 Å². The number of hydrogen-bond donors (Lipinski definition) is 0. The van der Waals surface area contributed by atoms with Gasteiger partial charge in [0, 0.05) is 41.0 Å². The third kappa shape index (κ3) is 4.76. The Morgan fingerprint density at radius 3 is 2.47 bits per heavy atom. The van der Waals surface area contributed by atoms with Gasteiger partial charge in [-0.3, -0.25) is 4.79 Å². The molecule has 0 N–H and O–H groups in total. The Balaban J connectivity index is 1.33. The average Bonchev–Trinajstić information content (AvgIpc) is 3.54. The van der Waals surface area contributed by atoms with Gasteiger partial charge in [-0.1, -0.05) is 44.0 Å². The van der Waals surface area contributed by atoms with E-state index in [0.29, 0.717) is 5.92 Å². The van der Waals surface area contributed by atoms with Crippen LogP contribution in [0.25, 0.3) is 32.9 Å². The quantitative estimate of drug-likeness (QED) is 0.254. The molecule has 4 aromatic rings. The molecule has 0 spiro atoms. The molecule has 0 amide bonds. The van der Waals surface area contributed by atoms with E-state index in [1.54, 1.807) is 16.9 Å². The van der Waals surface area contributed by atoms with Crippen LogP contribution in [0, 0.1) is 25.7 Å². The van der Waals surface area contributed by atoms with Gasteiger partial charge in [-0.25, -0.2) is 9.50 Å². The SMILES string of the molecule is Cc1cc(C)n2nc(-c3ccc(-c4cc(C5=C(C6CCC(C)CC6)CN(C)CC5)c(C=O)s4)cc3)cc2n1. The zero-order valence-corrected chi connectivity index (χ0v) is 23.6. The normalized spacial score (nSPS) is 20.8. The number of hydrogen-bond acceptors (Lipinski definition) is 5. The molecule has 1 aromatic carbocycles. The number of benzene rings is 1. The fourth-order valence-electron chi connectivity index (χ4n) is 6.32. The van der Waals surface area contributed by atoms with Gasteiger partial charge in [0.2, 0.25) is 0 Å². The maximum absolute atomic E-state index is 12.2.